The summed E-state index contributed by atoms with van der Waals surface area (Å²) in [5.41, 5.74) is 0. The minimum Gasteiger partial charge on any atom is -0.454 e. The Hall–Kier alpha value is 1.57. The van der Waals surface area contributed by atoms with Crippen molar-refractivity contribution in [3.8, 4) is 0 Å². The Kier molecular flexibility index (Phi) is 58.0. The maximum atomic E-state index is 4.42. The summed E-state index contributed by atoms with van der Waals surface area (Å²) in [5, 5.41) is 2.72. The summed E-state index contributed by atoms with van der Waals surface area (Å²) in [6.45, 7) is 3.76. The van der Waals surface area contributed by atoms with Crippen molar-refractivity contribution in [2.75, 3.05) is 0 Å². The van der Waals surface area contributed by atoms with Crippen LogP contribution in [0.25, 0.3) is 0 Å². The van der Waals surface area contributed by atoms with Crippen LogP contribution in [0, 0.1) is 6.54 Å². The average Bonchev–Trinajstić information content (AvgIpc) is 1.72. The van der Waals surface area contributed by atoms with E-state index < -0.39 is 0 Å². The Morgan fingerprint density at radius 2 is 1.71 bits per heavy atom. The molecular weight excluding hydrogens is 295 g/mol. The van der Waals surface area contributed by atoms with Gasteiger partial charge in [0.05, 0.1) is 7.57 Å². The van der Waals surface area contributed by atoms with Crippen LogP contribution in [0.4, 0.5) is 0 Å². The Labute approximate surface area is 65.9 Å². The molecule has 5 heteroatoms. The molecule has 0 rings (SSSR count). The van der Waals surface area contributed by atoms with E-state index in [-0.39, 0.29) is 21.1 Å². The zero-order valence-corrected chi connectivity index (χ0v) is 9.46. The quantitative estimate of drug-likeness (QED) is 0.422. The first-order valence-corrected chi connectivity index (χ1v) is 2.73. The van der Waals surface area contributed by atoms with E-state index in [0.29, 0.717) is 0 Å². The summed E-state index contributed by atoms with van der Waals surface area (Å²) in [6, 6.07) is 0. The molecule has 1 N–H and O–H groups in total. The molecule has 0 spiro atoms. The number of rotatable bonds is 1. The van der Waals surface area contributed by atoms with Gasteiger partial charge in [-0.1, -0.05) is 9.39 Å². The fraction of sp³-hybridized carbons (Fsp3) is 0.500. The minimum atomic E-state index is 0. The SMILES string of the molecule is C[CH-]NP.[B]P.[W]. The first kappa shape index (κ1) is 15.8. The molecule has 0 saturated heterocycles. The first-order valence-electron chi connectivity index (χ1n) is 1.49. The van der Waals surface area contributed by atoms with Gasteiger partial charge in [0, 0.05) is 21.1 Å². The second-order valence-corrected chi connectivity index (χ2v) is 0.789. The fourth-order valence-corrected chi connectivity index (χ4v) is 0. The normalized spacial score (nSPS) is 5.00. The zero-order valence-electron chi connectivity index (χ0n) is 4.22. The number of nitrogens with one attached hydrogen (secondary N) is 1. The van der Waals surface area contributed by atoms with Crippen LogP contribution in [-0.2, 0) is 21.1 Å². The number of hydrogen-bond donors (Lipinski definition) is 1. The van der Waals surface area contributed by atoms with E-state index in [1.807, 2.05) is 22.6 Å². The van der Waals surface area contributed by atoms with Crippen LogP contribution in [0.5, 0.6) is 0 Å². The van der Waals surface area contributed by atoms with Gasteiger partial charge in [-0.15, -0.1) is 0 Å². The second kappa shape index (κ2) is 25.6. The van der Waals surface area contributed by atoms with Crippen molar-refractivity contribution in [2.24, 2.45) is 0 Å². The minimum absolute atomic E-state index is 0. The van der Waals surface area contributed by atoms with Gasteiger partial charge < -0.3 is 5.09 Å². The molecule has 2 atom stereocenters. The van der Waals surface area contributed by atoms with Gasteiger partial charge in [-0.25, -0.2) is 0 Å². The maximum absolute atomic E-state index is 4.42. The summed E-state index contributed by atoms with van der Waals surface area (Å²) >= 11 is 0. The van der Waals surface area contributed by atoms with Gasteiger partial charge in [0.25, 0.3) is 0 Å². The van der Waals surface area contributed by atoms with Crippen molar-refractivity contribution in [1.29, 1.82) is 0 Å². The molecule has 7 heavy (non-hydrogen) atoms. The van der Waals surface area contributed by atoms with Crippen molar-refractivity contribution in [3.05, 3.63) is 6.54 Å². The topological polar surface area (TPSA) is 12.0 Å². The molecule has 0 saturated carbocycles. The molecule has 0 aliphatic heterocycles. The van der Waals surface area contributed by atoms with Gasteiger partial charge in [0.2, 0.25) is 0 Å². The Balaban J connectivity index is -0.0000000480. The van der Waals surface area contributed by atoms with E-state index in [1.165, 1.54) is 0 Å². The third-order valence-electron chi connectivity index (χ3n) is 0.167. The first-order chi connectivity index (χ1) is 2.91. The molecular formula is C2H9BNP2W-. The van der Waals surface area contributed by atoms with Crippen molar-refractivity contribution in [3.63, 3.8) is 0 Å². The van der Waals surface area contributed by atoms with Gasteiger partial charge in [0.1, 0.15) is 0 Å². The van der Waals surface area contributed by atoms with Crippen LogP contribution < -0.4 is 5.09 Å². The van der Waals surface area contributed by atoms with Crippen molar-refractivity contribution >= 4 is 26.1 Å². The average molecular weight is 304 g/mol. The van der Waals surface area contributed by atoms with E-state index in [4.69, 9.17) is 0 Å². The number of hydrogen-bond acceptors (Lipinski definition) is 1. The zero-order chi connectivity index (χ0) is 5.41. The van der Waals surface area contributed by atoms with Crippen molar-refractivity contribution < 1.29 is 21.1 Å². The Bertz CT molecular complexity index is 17.7. The molecule has 2 radical (unpaired) electrons. The van der Waals surface area contributed by atoms with Gasteiger partial charge in [-0.05, 0) is 0 Å². The molecule has 42 valence electrons. The van der Waals surface area contributed by atoms with Crippen LogP contribution in [-0.4, -0.2) is 7.57 Å². The third kappa shape index (κ3) is 35.5. The molecule has 0 aromatic carbocycles. The summed E-state index contributed by atoms with van der Waals surface area (Å²) in [5.74, 6) is 0. The summed E-state index contributed by atoms with van der Waals surface area (Å²) in [4.78, 5) is 0. The molecule has 0 aliphatic rings. The maximum Gasteiger partial charge on any atom is 0.0996 e. The molecule has 1 nitrogen and oxygen atoms in total. The van der Waals surface area contributed by atoms with Gasteiger partial charge >= 0.3 is 0 Å². The largest absolute Gasteiger partial charge is 0.454 e. The molecule has 2 unspecified atom stereocenters. The molecule has 0 bridgehead atoms. The Morgan fingerprint density at radius 1 is 1.57 bits per heavy atom. The fourth-order valence-electron chi connectivity index (χ4n) is 0. The van der Waals surface area contributed by atoms with E-state index in [0.717, 1.165) is 0 Å². The van der Waals surface area contributed by atoms with Crippen molar-refractivity contribution in [1.82, 2.24) is 5.09 Å². The van der Waals surface area contributed by atoms with E-state index >= 15 is 0 Å². The Morgan fingerprint density at radius 3 is 1.71 bits per heavy atom. The molecule has 0 amide bonds. The van der Waals surface area contributed by atoms with Gasteiger partial charge in [-0.3, -0.25) is 6.54 Å². The third-order valence-corrected chi connectivity index (χ3v) is 0.500. The predicted octanol–water partition coefficient (Wildman–Crippen LogP) is 0.490. The van der Waals surface area contributed by atoms with Crippen molar-refractivity contribution in [2.45, 2.75) is 6.92 Å². The second-order valence-electron chi connectivity index (χ2n) is 0.455. The van der Waals surface area contributed by atoms with Gasteiger partial charge in [-0.2, -0.15) is 16.0 Å². The summed E-state index contributed by atoms with van der Waals surface area (Å²) < 4.78 is 0. The van der Waals surface area contributed by atoms with Crippen LogP contribution in [0.1, 0.15) is 6.92 Å². The van der Waals surface area contributed by atoms with E-state index in [9.17, 15) is 0 Å². The monoisotopic (exact) mass is 304 g/mol. The van der Waals surface area contributed by atoms with Crippen LogP contribution >= 0.6 is 18.5 Å². The van der Waals surface area contributed by atoms with Crippen LogP contribution in [0.3, 0.4) is 0 Å². The van der Waals surface area contributed by atoms with Crippen LogP contribution in [0.2, 0.25) is 0 Å². The standard InChI is InChI=1S/C2H7NP.BH2P.W/c1-2-3-4;1-2;/h2-3H,4H2,1H3;2H2;/q-1;;. The summed E-state index contributed by atoms with van der Waals surface area (Å²) in [7, 11) is 8.68. The van der Waals surface area contributed by atoms with E-state index in [1.54, 1.807) is 0 Å². The molecule has 0 fully saturated rings. The molecule has 0 heterocycles. The molecule has 0 aliphatic carbocycles. The summed E-state index contributed by atoms with van der Waals surface area (Å²) in [6.07, 6.45) is 0. The smallest absolute Gasteiger partial charge is 0.0996 e. The van der Waals surface area contributed by atoms with Crippen LogP contribution in [0.15, 0.2) is 0 Å². The molecule has 0 aromatic heterocycles. The molecule has 0 aromatic rings. The van der Waals surface area contributed by atoms with E-state index in [2.05, 4.69) is 22.0 Å². The predicted molar refractivity (Wildman–Crippen MR) is 38.3 cm³/mol. The van der Waals surface area contributed by atoms with Gasteiger partial charge in [0.15, 0.2) is 0 Å².